The fourth-order valence-corrected chi connectivity index (χ4v) is 2.50. The molecule has 0 aliphatic rings. The van der Waals surface area contributed by atoms with Gasteiger partial charge in [-0.2, -0.15) is 0 Å². The summed E-state index contributed by atoms with van der Waals surface area (Å²) in [4.78, 5) is 30.2. The van der Waals surface area contributed by atoms with E-state index < -0.39 is 6.04 Å². The molecule has 1 aromatic rings. The summed E-state index contributed by atoms with van der Waals surface area (Å²) in [5.74, 6) is -0.395. The van der Waals surface area contributed by atoms with Crippen LogP contribution in [0.4, 0.5) is 5.13 Å². The topological polar surface area (TPSA) is 88.3 Å². The van der Waals surface area contributed by atoms with Gasteiger partial charge in [0.1, 0.15) is 10.9 Å². The Morgan fingerprint density at radius 2 is 2.00 bits per heavy atom. The van der Waals surface area contributed by atoms with E-state index in [0.717, 1.165) is 11.3 Å². The number of likely N-dealkylation sites (N-methyl/N-ethyl adjacent to an activating group) is 1. The van der Waals surface area contributed by atoms with E-state index in [4.69, 9.17) is 5.73 Å². The van der Waals surface area contributed by atoms with Crippen molar-refractivity contribution in [2.45, 2.75) is 33.7 Å². The van der Waals surface area contributed by atoms with Gasteiger partial charge in [0.15, 0.2) is 5.13 Å². The quantitative estimate of drug-likeness (QED) is 0.845. The average molecular weight is 284 g/mol. The Kier molecular flexibility index (Phi) is 5.29. The maximum absolute atomic E-state index is 12.0. The Morgan fingerprint density at radius 1 is 1.42 bits per heavy atom. The molecular formula is C12H20N4O2S. The molecule has 0 fully saturated rings. The summed E-state index contributed by atoms with van der Waals surface area (Å²) in [5, 5.41) is 3.04. The smallest absolute Gasteiger partial charge is 0.263 e. The van der Waals surface area contributed by atoms with Gasteiger partial charge in [-0.15, -0.1) is 0 Å². The van der Waals surface area contributed by atoms with Crippen molar-refractivity contribution in [3.05, 3.63) is 10.6 Å². The number of aryl methyl sites for hydroxylation is 1. The lowest BCUT2D eigenvalue weighted by molar-refractivity contribution is -0.132. The second kappa shape index (κ2) is 6.51. The summed E-state index contributed by atoms with van der Waals surface area (Å²) in [7, 11) is 0. The molecule has 0 radical (unpaired) electrons. The largest absolute Gasteiger partial charge is 0.375 e. The molecule has 2 amide bonds. The first kappa shape index (κ1) is 15.4. The minimum atomic E-state index is -0.560. The molecule has 0 aliphatic carbocycles. The lowest BCUT2D eigenvalue weighted by Crippen LogP contribution is -2.46. The van der Waals surface area contributed by atoms with E-state index in [1.165, 1.54) is 0 Å². The van der Waals surface area contributed by atoms with Crippen LogP contribution in [0.25, 0.3) is 0 Å². The molecule has 1 heterocycles. The van der Waals surface area contributed by atoms with E-state index in [0.29, 0.717) is 28.8 Å². The zero-order chi connectivity index (χ0) is 14.6. The van der Waals surface area contributed by atoms with Crippen molar-refractivity contribution in [2.75, 3.05) is 18.8 Å². The molecule has 0 bridgehead atoms. The van der Waals surface area contributed by atoms with Gasteiger partial charge < -0.3 is 16.0 Å². The van der Waals surface area contributed by atoms with Crippen molar-refractivity contribution in [1.82, 2.24) is 15.2 Å². The third-order valence-electron chi connectivity index (χ3n) is 2.81. The minimum Gasteiger partial charge on any atom is -0.375 e. The summed E-state index contributed by atoms with van der Waals surface area (Å²) < 4.78 is 0. The Labute approximate surface area is 117 Å². The predicted molar refractivity (Wildman–Crippen MR) is 76.1 cm³/mol. The Bertz CT molecular complexity index is 468. The molecule has 1 rings (SSSR count). The van der Waals surface area contributed by atoms with Crippen molar-refractivity contribution >= 4 is 28.3 Å². The van der Waals surface area contributed by atoms with E-state index in [2.05, 4.69) is 10.3 Å². The van der Waals surface area contributed by atoms with Gasteiger partial charge in [-0.25, -0.2) is 4.98 Å². The number of rotatable bonds is 5. The summed E-state index contributed by atoms with van der Waals surface area (Å²) in [6.45, 7) is 8.47. The number of amides is 2. The van der Waals surface area contributed by atoms with Crippen molar-refractivity contribution < 1.29 is 9.59 Å². The van der Waals surface area contributed by atoms with Crippen LogP contribution in [-0.2, 0) is 4.79 Å². The summed E-state index contributed by atoms with van der Waals surface area (Å²) >= 11 is 1.13. The lowest BCUT2D eigenvalue weighted by atomic mass is 10.2. The number of nitrogens with zero attached hydrogens (tertiary/aromatic N) is 2. The molecule has 1 atom stereocenters. The third kappa shape index (κ3) is 3.66. The van der Waals surface area contributed by atoms with Gasteiger partial charge in [0, 0.05) is 13.1 Å². The summed E-state index contributed by atoms with van der Waals surface area (Å²) in [6, 6.07) is -0.560. The van der Waals surface area contributed by atoms with Crippen LogP contribution >= 0.6 is 11.3 Å². The second-order valence-electron chi connectivity index (χ2n) is 4.17. The molecule has 19 heavy (non-hydrogen) atoms. The SMILES string of the molecule is CCN(CC)C(=O)C(C)NC(=O)c1sc(N)nc1C. The number of hydrogen-bond acceptors (Lipinski definition) is 5. The Hall–Kier alpha value is -1.63. The van der Waals surface area contributed by atoms with Crippen LogP contribution in [0, 0.1) is 6.92 Å². The van der Waals surface area contributed by atoms with Gasteiger partial charge >= 0.3 is 0 Å². The number of nitrogens with two attached hydrogens (primary N) is 1. The number of carbonyl (C=O) groups is 2. The highest BCUT2D eigenvalue weighted by Crippen LogP contribution is 2.19. The first-order valence-electron chi connectivity index (χ1n) is 6.23. The number of thiazole rings is 1. The molecule has 0 aromatic carbocycles. The molecule has 7 heteroatoms. The fourth-order valence-electron chi connectivity index (χ4n) is 1.76. The molecular weight excluding hydrogens is 264 g/mol. The van der Waals surface area contributed by atoms with E-state index in [-0.39, 0.29) is 11.8 Å². The van der Waals surface area contributed by atoms with Crippen molar-refractivity contribution in [1.29, 1.82) is 0 Å². The first-order valence-corrected chi connectivity index (χ1v) is 7.04. The fraction of sp³-hybridized carbons (Fsp3) is 0.583. The highest BCUT2D eigenvalue weighted by atomic mass is 32.1. The van der Waals surface area contributed by atoms with Gasteiger partial charge in [0.25, 0.3) is 5.91 Å². The maximum atomic E-state index is 12.0. The first-order chi connectivity index (χ1) is 8.90. The molecule has 3 N–H and O–H groups in total. The Morgan fingerprint density at radius 3 is 2.42 bits per heavy atom. The van der Waals surface area contributed by atoms with Crippen molar-refractivity contribution in [3.8, 4) is 0 Å². The molecule has 0 aliphatic heterocycles. The number of nitrogen functional groups attached to an aromatic ring is 1. The van der Waals surface area contributed by atoms with Gasteiger partial charge in [0.2, 0.25) is 5.91 Å². The second-order valence-corrected chi connectivity index (χ2v) is 5.20. The van der Waals surface area contributed by atoms with Gasteiger partial charge in [0.05, 0.1) is 5.69 Å². The number of hydrogen-bond donors (Lipinski definition) is 2. The summed E-state index contributed by atoms with van der Waals surface area (Å²) in [5.41, 5.74) is 6.14. The minimum absolute atomic E-state index is 0.0894. The molecule has 1 unspecified atom stereocenters. The summed E-state index contributed by atoms with van der Waals surface area (Å²) in [6.07, 6.45) is 0. The van der Waals surface area contributed by atoms with Crippen LogP contribution < -0.4 is 11.1 Å². The standard InChI is InChI=1S/C12H20N4O2S/c1-5-16(6-2)11(18)8(4)14-10(17)9-7(3)15-12(13)19-9/h8H,5-6H2,1-4H3,(H2,13,15)(H,14,17). The van der Waals surface area contributed by atoms with E-state index in [1.807, 2.05) is 13.8 Å². The molecule has 6 nitrogen and oxygen atoms in total. The highest BCUT2D eigenvalue weighted by molar-refractivity contribution is 7.17. The normalized spacial score (nSPS) is 12.0. The van der Waals surface area contributed by atoms with Crippen LogP contribution in [0.15, 0.2) is 0 Å². The van der Waals surface area contributed by atoms with Crippen molar-refractivity contribution in [2.24, 2.45) is 0 Å². The van der Waals surface area contributed by atoms with Crippen LogP contribution in [-0.4, -0.2) is 40.8 Å². The highest BCUT2D eigenvalue weighted by Gasteiger charge is 2.22. The monoisotopic (exact) mass is 284 g/mol. The molecule has 1 aromatic heterocycles. The van der Waals surface area contributed by atoms with Crippen LogP contribution in [0.5, 0.6) is 0 Å². The molecule has 0 saturated heterocycles. The number of carbonyl (C=O) groups excluding carboxylic acids is 2. The zero-order valence-electron chi connectivity index (χ0n) is 11.7. The predicted octanol–water partition coefficient (Wildman–Crippen LogP) is 1.02. The van der Waals surface area contributed by atoms with Gasteiger partial charge in [-0.05, 0) is 27.7 Å². The van der Waals surface area contributed by atoms with E-state index in [1.54, 1.807) is 18.7 Å². The van der Waals surface area contributed by atoms with Gasteiger partial charge in [-0.3, -0.25) is 9.59 Å². The number of anilines is 1. The van der Waals surface area contributed by atoms with Gasteiger partial charge in [-0.1, -0.05) is 11.3 Å². The number of nitrogens with one attached hydrogen (secondary N) is 1. The van der Waals surface area contributed by atoms with Crippen molar-refractivity contribution in [3.63, 3.8) is 0 Å². The van der Waals surface area contributed by atoms with Crippen LogP contribution in [0.1, 0.15) is 36.1 Å². The van der Waals surface area contributed by atoms with Crippen LogP contribution in [0.3, 0.4) is 0 Å². The van der Waals surface area contributed by atoms with Crippen LogP contribution in [0.2, 0.25) is 0 Å². The van der Waals surface area contributed by atoms with E-state index in [9.17, 15) is 9.59 Å². The molecule has 0 spiro atoms. The Balaban J connectivity index is 2.71. The number of aromatic nitrogens is 1. The maximum Gasteiger partial charge on any atom is 0.263 e. The average Bonchev–Trinajstić information content (AvgIpc) is 2.69. The third-order valence-corrected chi connectivity index (χ3v) is 3.80. The molecule has 106 valence electrons. The lowest BCUT2D eigenvalue weighted by Gasteiger charge is -2.23. The zero-order valence-corrected chi connectivity index (χ0v) is 12.5. The van der Waals surface area contributed by atoms with E-state index >= 15 is 0 Å². The molecule has 0 saturated carbocycles.